The third kappa shape index (κ3) is 10.7. The van der Waals surface area contributed by atoms with E-state index in [2.05, 4.69) is 28.2 Å². The minimum Gasteiger partial charge on any atom is -0.494 e. The van der Waals surface area contributed by atoms with Crippen molar-refractivity contribution in [1.82, 2.24) is 4.98 Å². The summed E-state index contributed by atoms with van der Waals surface area (Å²) in [5.41, 5.74) is 2.83. The highest BCUT2D eigenvalue weighted by atomic mass is 16.5. The van der Waals surface area contributed by atoms with Gasteiger partial charge in [0.25, 0.3) is 0 Å². The Bertz CT molecular complexity index is 794. The predicted octanol–water partition coefficient (Wildman–Crippen LogP) is 7.42. The molecule has 0 fully saturated rings. The van der Waals surface area contributed by atoms with Crippen molar-refractivity contribution in [2.45, 2.75) is 77.6 Å². The summed E-state index contributed by atoms with van der Waals surface area (Å²) in [6.07, 6.45) is 14.5. The Hall–Kier alpha value is -2.76. The van der Waals surface area contributed by atoms with Crippen LogP contribution in [-0.2, 0) is 11.2 Å². The SMILES string of the molecule is CCCc1cc(OCCCCCCCCCCC(=O)O)ccc1N=Nc1ccncc1. The van der Waals surface area contributed by atoms with Gasteiger partial charge in [-0.25, -0.2) is 0 Å². The molecule has 0 bridgehead atoms. The van der Waals surface area contributed by atoms with Crippen LogP contribution in [0.2, 0.25) is 0 Å². The molecule has 0 spiro atoms. The van der Waals surface area contributed by atoms with Gasteiger partial charge in [-0.3, -0.25) is 9.78 Å². The Kier molecular flexibility index (Phi) is 11.9. The van der Waals surface area contributed by atoms with E-state index in [4.69, 9.17) is 9.84 Å². The number of nitrogens with zero attached hydrogens (tertiary/aromatic N) is 3. The van der Waals surface area contributed by atoms with Crippen molar-refractivity contribution in [1.29, 1.82) is 0 Å². The molecule has 0 unspecified atom stereocenters. The zero-order valence-electron chi connectivity index (χ0n) is 18.6. The van der Waals surface area contributed by atoms with Crippen LogP contribution in [0.15, 0.2) is 53.0 Å². The molecule has 6 nitrogen and oxygen atoms in total. The van der Waals surface area contributed by atoms with Crippen molar-refractivity contribution >= 4 is 17.3 Å². The van der Waals surface area contributed by atoms with E-state index in [1.807, 2.05) is 24.3 Å². The first-order chi connectivity index (χ1) is 15.2. The molecule has 31 heavy (non-hydrogen) atoms. The molecule has 0 radical (unpaired) electrons. The van der Waals surface area contributed by atoms with Gasteiger partial charge in [-0.05, 0) is 55.2 Å². The topological polar surface area (TPSA) is 84.1 Å². The van der Waals surface area contributed by atoms with E-state index in [0.717, 1.165) is 74.2 Å². The first-order valence-electron chi connectivity index (χ1n) is 11.5. The van der Waals surface area contributed by atoms with Crippen LogP contribution in [0.25, 0.3) is 0 Å². The molecule has 0 atom stereocenters. The Balaban J connectivity index is 1.67. The van der Waals surface area contributed by atoms with Crippen LogP contribution in [0, 0.1) is 0 Å². The van der Waals surface area contributed by atoms with E-state index < -0.39 is 5.97 Å². The molecule has 0 saturated heterocycles. The summed E-state index contributed by atoms with van der Waals surface area (Å²) in [6, 6.07) is 9.70. The highest BCUT2D eigenvalue weighted by Gasteiger charge is 2.05. The van der Waals surface area contributed by atoms with Crippen molar-refractivity contribution in [3.63, 3.8) is 0 Å². The van der Waals surface area contributed by atoms with Crippen LogP contribution in [-0.4, -0.2) is 22.7 Å². The van der Waals surface area contributed by atoms with Gasteiger partial charge in [0.05, 0.1) is 18.0 Å². The smallest absolute Gasteiger partial charge is 0.303 e. The summed E-state index contributed by atoms with van der Waals surface area (Å²) in [6.45, 7) is 2.88. The number of carboxylic acids is 1. The van der Waals surface area contributed by atoms with Gasteiger partial charge in [-0.2, -0.15) is 10.2 Å². The lowest BCUT2D eigenvalue weighted by molar-refractivity contribution is -0.137. The summed E-state index contributed by atoms with van der Waals surface area (Å²) in [5.74, 6) is 0.204. The first kappa shape index (κ1) is 24.5. The normalized spacial score (nSPS) is 11.1. The van der Waals surface area contributed by atoms with E-state index in [1.165, 1.54) is 19.3 Å². The van der Waals surface area contributed by atoms with Crippen molar-refractivity contribution in [2.75, 3.05) is 6.61 Å². The minimum absolute atomic E-state index is 0.298. The molecule has 1 aromatic heterocycles. The summed E-state index contributed by atoms with van der Waals surface area (Å²) in [4.78, 5) is 14.5. The minimum atomic E-state index is -0.689. The van der Waals surface area contributed by atoms with Gasteiger partial charge in [-0.1, -0.05) is 51.9 Å². The number of hydrogen-bond donors (Lipinski definition) is 1. The molecule has 0 aliphatic heterocycles. The molecule has 0 amide bonds. The molecule has 0 aliphatic rings. The van der Waals surface area contributed by atoms with Crippen LogP contribution in [0.5, 0.6) is 5.75 Å². The largest absolute Gasteiger partial charge is 0.494 e. The number of aromatic nitrogens is 1. The third-order valence-corrected chi connectivity index (χ3v) is 5.06. The fraction of sp³-hybridized carbons (Fsp3) is 0.520. The zero-order valence-corrected chi connectivity index (χ0v) is 18.6. The predicted molar refractivity (Wildman–Crippen MR) is 124 cm³/mol. The van der Waals surface area contributed by atoms with Crippen molar-refractivity contribution in [3.8, 4) is 5.75 Å². The fourth-order valence-corrected chi connectivity index (χ4v) is 3.37. The number of rotatable bonds is 16. The average Bonchev–Trinajstić information content (AvgIpc) is 2.77. The van der Waals surface area contributed by atoms with E-state index in [1.54, 1.807) is 12.4 Å². The molecule has 2 aromatic rings. The first-order valence-corrected chi connectivity index (χ1v) is 11.5. The maximum Gasteiger partial charge on any atom is 0.303 e. The number of carbonyl (C=O) groups is 1. The van der Waals surface area contributed by atoms with E-state index in [-0.39, 0.29) is 0 Å². The molecule has 1 heterocycles. The van der Waals surface area contributed by atoms with Gasteiger partial charge < -0.3 is 9.84 Å². The number of ether oxygens (including phenoxy) is 1. The molecule has 168 valence electrons. The monoisotopic (exact) mass is 425 g/mol. The van der Waals surface area contributed by atoms with Crippen molar-refractivity contribution in [2.24, 2.45) is 10.2 Å². The lowest BCUT2D eigenvalue weighted by Crippen LogP contribution is -1.98. The van der Waals surface area contributed by atoms with Gasteiger partial charge >= 0.3 is 5.97 Å². The standard InChI is InChI=1S/C25H35N3O3/c1-2-11-21-20-23(13-14-24(21)28-27-22-15-17-26-18-16-22)31-19-10-8-6-4-3-5-7-9-12-25(29)30/h13-18,20H,2-12,19H2,1H3,(H,29,30). The van der Waals surface area contributed by atoms with E-state index >= 15 is 0 Å². The highest BCUT2D eigenvalue weighted by molar-refractivity contribution is 5.66. The molecular formula is C25H35N3O3. The number of aliphatic carboxylic acids is 1. The molecule has 2 rings (SSSR count). The molecule has 6 heteroatoms. The van der Waals surface area contributed by atoms with E-state index in [9.17, 15) is 4.79 Å². The number of azo groups is 1. The molecular weight excluding hydrogens is 390 g/mol. The number of aryl methyl sites for hydroxylation is 1. The molecule has 0 aliphatic carbocycles. The quantitative estimate of drug-likeness (QED) is 0.224. The van der Waals surface area contributed by atoms with Crippen LogP contribution in [0.1, 0.15) is 76.7 Å². The van der Waals surface area contributed by atoms with Crippen molar-refractivity contribution in [3.05, 3.63) is 48.3 Å². The number of benzene rings is 1. The van der Waals surface area contributed by atoms with Crippen molar-refractivity contribution < 1.29 is 14.6 Å². The average molecular weight is 426 g/mol. The Labute approximate surface area is 185 Å². The maximum absolute atomic E-state index is 10.5. The Morgan fingerprint density at radius 1 is 0.935 bits per heavy atom. The third-order valence-electron chi connectivity index (χ3n) is 5.06. The second-order valence-corrected chi connectivity index (χ2v) is 7.77. The van der Waals surface area contributed by atoms with Crippen LogP contribution in [0.4, 0.5) is 11.4 Å². The molecule has 1 N–H and O–H groups in total. The molecule has 0 saturated carbocycles. The Morgan fingerprint density at radius 3 is 2.29 bits per heavy atom. The fourth-order valence-electron chi connectivity index (χ4n) is 3.37. The highest BCUT2D eigenvalue weighted by Crippen LogP contribution is 2.28. The van der Waals surface area contributed by atoms with Crippen LogP contribution in [0.3, 0.4) is 0 Å². The number of unbranched alkanes of at least 4 members (excludes halogenated alkanes) is 7. The Morgan fingerprint density at radius 2 is 1.61 bits per heavy atom. The second-order valence-electron chi connectivity index (χ2n) is 7.77. The van der Waals surface area contributed by atoms with Crippen LogP contribution >= 0.6 is 0 Å². The van der Waals surface area contributed by atoms with E-state index in [0.29, 0.717) is 6.42 Å². The molecule has 1 aromatic carbocycles. The maximum atomic E-state index is 10.5. The van der Waals surface area contributed by atoms with Gasteiger partial charge in [0, 0.05) is 18.8 Å². The summed E-state index contributed by atoms with van der Waals surface area (Å²) < 4.78 is 5.96. The van der Waals surface area contributed by atoms with Gasteiger partial charge in [0.1, 0.15) is 5.75 Å². The second kappa shape index (κ2) is 15.1. The summed E-state index contributed by atoms with van der Waals surface area (Å²) in [7, 11) is 0. The van der Waals surface area contributed by atoms with Crippen LogP contribution < -0.4 is 4.74 Å². The number of pyridine rings is 1. The van der Waals surface area contributed by atoms with Gasteiger partial charge in [0.2, 0.25) is 0 Å². The van der Waals surface area contributed by atoms with Gasteiger partial charge in [0.15, 0.2) is 0 Å². The summed E-state index contributed by atoms with van der Waals surface area (Å²) in [5, 5.41) is 17.3. The number of carboxylic acid groups (broad SMARTS) is 1. The summed E-state index contributed by atoms with van der Waals surface area (Å²) >= 11 is 0. The lowest BCUT2D eigenvalue weighted by Gasteiger charge is -2.10. The lowest BCUT2D eigenvalue weighted by atomic mass is 10.1. The number of hydrogen-bond acceptors (Lipinski definition) is 5. The zero-order chi connectivity index (χ0) is 22.2. The van der Waals surface area contributed by atoms with Gasteiger partial charge in [-0.15, -0.1) is 0 Å².